The molecule has 1 saturated heterocycles. The van der Waals surface area contributed by atoms with E-state index in [1.807, 2.05) is 12.2 Å². The zero-order valence-corrected chi connectivity index (χ0v) is 14.4. The van der Waals surface area contributed by atoms with E-state index >= 15 is 0 Å². The first-order valence-corrected chi connectivity index (χ1v) is 5.90. The number of imide groups is 1. The van der Waals surface area contributed by atoms with E-state index in [0.717, 1.165) is 0 Å². The van der Waals surface area contributed by atoms with Crippen molar-refractivity contribution in [2.45, 2.75) is 13.0 Å². The summed E-state index contributed by atoms with van der Waals surface area (Å²) in [4.78, 5) is 34.2. The zero-order valence-electron chi connectivity index (χ0n) is 11.4. The van der Waals surface area contributed by atoms with Crippen molar-refractivity contribution >= 4 is 17.9 Å². The first-order chi connectivity index (χ1) is 9.58. The molecule has 1 rings (SSSR count). The largest absolute Gasteiger partial charge is 0.447 e. The molecule has 0 aromatic heterocycles. The Morgan fingerprint density at radius 1 is 1.52 bits per heavy atom. The number of allylic oxidation sites excluding steroid dienone is 5. The summed E-state index contributed by atoms with van der Waals surface area (Å²) in [6.45, 7) is 5.14. The SMILES string of the molecule is C=C\C=C(/[C-]=C\C=C/C)C(=O)NC1COC(=O)NC1=O.[W]. The molecule has 1 heterocycles. The summed E-state index contributed by atoms with van der Waals surface area (Å²) in [7, 11) is 0. The van der Waals surface area contributed by atoms with Crippen LogP contribution in [0.3, 0.4) is 0 Å². The second-order valence-corrected chi connectivity index (χ2v) is 3.77. The third-order valence-corrected chi connectivity index (χ3v) is 2.28. The molecule has 0 aromatic rings. The van der Waals surface area contributed by atoms with Crippen LogP contribution in [0.5, 0.6) is 0 Å². The Balaban J connectivity index is 0.00000400. The van der Waals surface area contributed by atoms with E-state index in [9.17, 15) is 14.4 Å². The number of hydrogen-bond donors (Lipinski definition) is 2. The van der Waals surface area contributed by atoms with Gasteiger partial charge in [-0.15, -0.1) is 43.0 Å². The van der Waals surface area contributed by atoms with Gasteiger partial charge in [-0.2, -0.15) is 0 Å². The minimum absolute atomic E-state index is 0. The van der Waals surface area contributed by atoms with E-state index in [0.29, 0.717) is 0 Å². The molecule has 1 unspecified atom stereocenters. The summed E-state index contributed by atoms with van der Waals surface area (Å²) >= 11 is 0. The average molecular weight is 459 g/mol. The molecular weight excluding hydrogens is 444 g/mol. The minimum atomic E-state index is -0.920. The van der Waals surface area contributed by atoms with E-state index in [4.69, 9.17) is 0 Å². The standard InChI is InChI=1S/C14H15N2O4.W/c1-3-5-6-8-10(7-4-2)12(17)15-11-9-20-14(19)16-13(11)18;/h3-7,11H,2,9H2,1H3,(H,15,17)(H,16,18,19);/q-1;/b5-3-,10-7+;. The molecule has 0 bridgehead atoms. The van der Waals surface area contributed by atoms with Gasteiger partial charge in [-0.3, -0.25) is 10.1 Å². The molecule has 21 heavy (non-hydrogen) atoms. The van der Waals surface area contributed by atoms with Gasteiger partial charge in [0.25, 0.3) is 5.91 Å². The van der Waals surface area contributed by atoms with Gasteiger partial charge in [0.05, 0.1) is 0 Å². The zero-order chi connectivity index (χ0) is 15.0. The van der Waals surface area contributed by atoms with Crippen LogP contribution in [0.1, 0.15) is 6.92 Å². The molecule has 6 nitrogen and oxygen atoms in total. The normalized spacial score (nSPS) is 18.9. The predicted octanol–water partition coefficient (Wildman–Crippen LogP) is 0.783. The van der Waals surface area contributed by atoms with Crippen molar-refractivity contribution in [2.24, 2.45) is 0 Å². The summed E-state index contributed by atoms with van der Waals surface area (Å²) in [6.07, 6.45) is 9.90. The van der Waals surface area contributed by atoms with Crippen LogP contribution in [0.15, 0.2) is 42.5 Å². The van der Waals surface area contributed by atoms with Gasteiger partial charge < -0.3 is 14.8 Å². The molecule has 1 atom stereocenters. The number of nitrogens with one attached hydrogen (secondary N) is 2. The number of hydrogen-bond acceptors (Lipinski definition) is 4. The van der Waals surface area contributed by atoms with E-state index in [1.165, 1.54) is 12.2 Å². The van der Waals surface area contributed by atoms with Crippen LogP contribution < -0.4 is 10.6 Å². The maximum atomic E-state index is 12.0. The maximum Gasteiger partial charge on any atom is 0.413 e. The molecule has 1 fully saturated rings. The Morgan fingerprint density at radius 3 is 2.81 bits per heavy atom. The smallest absolute Gasteiger partial charge is 0.413 e. The molecule has 0 aliphatic carbocycles. The molecule has 3 amide bonds. The third-order valence-electron chi connectivity index (χ3n) is 2.28. The summed E-state index contributed by atoms with van der Waals surface area (Å²) in [5.41, 5.74) is 0.211. The predicted molar refractivity (Wildman–Crippen MR) is 72.3 cm³/mol. The Morgan fingerprint density at radius 2 is 2.24 bits per heavy atom. The van der Waals surface area contributed by atoms with Gasteiger partial charge in [-0.05, 0) is 0 Å². The van der Waals surface area contributed by atoms with E-state index in [1.54, 1.807) is 18.2 Å². The van der Waals surface area contributed by atoms with Crippen molar-refractivity contribution in [3.05, 3.63) is 48.6 Å². The second-order valence-electron chi connectivity index (χ2n) is 3.77. The number of carbonyl (C=O) groups is 3. The monoisotopic (exact) mass is 459 g/mol. The molecule has 0 radical (unpaired) electrons. The van der Waals surface area contributed by atoms with Crippen molar-refractivity contribution in [3.63, 3.8) is 0 Å². The molecule has 0 spiro atoms. The van der Waals surface area contributed by atoms with Crippen LogP contribution in [-0.2, 0) is 35.4 Å². The summed E-state index contributed by atoms with van der Waals surface area (Å²) in [5, 5.41) is 4.41. The molecule has 0 aromatic carbocycles. The van der Waals surface area contributed by atoms with Gasteiger partial charge in [0, 0.05) is 21.1 Å². The Labute approximate surface area is 137 Å². The number of alkyl carbamates (subject to hydrolysis) is 1. The first kappa shape index (κ1) is 19.1. The van der Waals surface area contributed by atoms with Crippen LogP contribution >= 0.6 is 0 Å². The number of ether oxygens (including phenoxy) is 1. The molecule has 1 aliphatic heterocycles. The molecule has 1 aliphatic rings. The minimum Gasteiger partial charge on any atom is -0.447 e. The Hall–Kier alpha value is -1.94. The van der Waals surface area contributed by atoms with Crippen molar-refractivity contribution in [1.82, 2.24) is 10.6 Å². The van der Waals surface area contributed by atoms with Crippen LogP contribution in [0.4, 0.5) is 4.79 Å². The first-order valence-electron chi connectivity index (χ1n) is 5.90. The van der Waals surface area contributed by atoms with Gasteiger partial charge in [-0.25, -0.2) is 4.79 Å². The molecule has 112 valence electrons. The van der Waals surface area contributed by atoms with Gasteiger partial charge in [-0.1, -0.05) is 12.5 Å². The van der Waals surface area contributed by atoms with Crippen molar-refractivity contribution in [1.29, 1.82) is 0 Å². The van der Waals surface area contributed by atoms with Crippen LogP contribution in [0, 0.1) is 6.08 Å². The molecular formula is C14H15N2O4W-. The maximum absolute atomic E-state index is 12.0. The van der Waals surface area contributed by atoms with E-state index in [2.05, 4.69) is 22.7 Å². The van der Waals surface area contributed by atoms with Gasteiger partial charge in [0.1, 0.15) is 12.6 Å². The quantitative estimate of drug-likeness (QED) is 0.362. The van der Waals surface area contributed by atoms with Crippen molar-refractivity contribution in [2.75, 3.05) is 6.61 Å². The van der Waals surface area contributed by atoms with Crippen molar-refractivity contribution < 1.29 is 40.2 Å². The number of amides is 3. The summed E-state index contributed by atoms with van der Waals surface area (Å²) < 4.78 is 4.64. The Bertz CT molecular complexity index is 509. The molecule has 7 heteroatoms. The van der Waals surface area contributed by atoms with Gasteiger partial charge in [0.2, 0.25) is 0 Å². The van der Waals surface area contributed by atoms with Gasteiger partial charge >= 0.3 is 6.09 Å². The van der Waals surface area contributed by atoms with Crippen LogP contribution in [-0.4, -0.2) is 30.6 Å². The number of cyclic esters (lactones) is 1. The fourth-order valence-corrected chi connectivity index (χ4v) is 1.34. The number of rotatable bonds is 5. The molecule has 0 saturated carbocycles. The van der Waals surface area contributed by atoms with E-state index < -0.39 is 23.9 Å². The van der Waals surface area contributed by atoms with Crippen molar-refractivity contribution in [3.8, 4) is 0 Å². The molecule has 2 N–H and O–H groups in total. The topological polar surface area (TPSA) is 84.5 Å². The van der Waals surface area contributed by atoms with Crippen LogP contribution in [0.2, 0.25) is 0 Å². The average Bonchev–Trinajstić information content (AvgIpc) is 2.41. The summed E-state index contributed by atoms with van der Waals surface area (Å²) in [5.74, 6) is -1.12. The number of carbonyl (C=O) groups excluding carboxylic acids is 3. The van der Waals surface area contributed by atoms with E-state index in [-0.39, 0.29) is 33.2 Å². The fourth-order valence-electron chi connectivity index (χ4n) is 1.34. The third kappa shape index (κ3) is 6.36. The summed E-state index contributed by atoms with van der Waals surface area (Å²) in [6, 6.07) is -0.920. The Kier molecular flexibility index (Phi) is 8.97. The van der Waals surface area contributed by atoms with Crippen LogP contribution in [0.25, 0.3) is 0 Å². The fraction of sp³-hybridized carbons (Fsp3) is 0.214. The van der Waals surface area contributed by atoms with Gasteiger partial charge in [0.15, 0.2) is 5.91 Å². The second kappa shape index (κ2) is 9.88.